The second-order valence-corrected chi connectivity index (χ2v) is 7.59. The number of carbonyl (C=O) groups is 3. The fourth-order valence-electron chi connectivity index (χ4n) is 4.27. The molecule has 0 heterocycles. The van der Waals surface area contributed by atoms with Crippen LogP contribution in [0.15, 0.2) is 54.6 Å². The average Bonchev–Trinajstić information content (AvgIpc) is 3.09. The summed E-state index contributed by atoms with van der Waals surface area (Å²) in [4.78, 5) is 37.7. The van der Waals surface area contributed by atoms with E-state index in [-0.39, 0.29) is 29.0 Å². The van der Waals surface area contributed by atoms with Gasteiger partial charge >= 0.3 is 17.9 Å². The molecule has 0 spiro atoms. The summed E-state index contributed by atoms with van der Waals surface area (Å²) in [5.41, 5.74) is 3.61. The summed E-state index contributed by atoms with van der Waals surface area (Å²) >= 11 is 0. The largest absolute Gasteiger partial charge is 0.465 e. The number of allylic oxidation sites excluding steroid dienone is 2. The van der Waals surface area contributed by atoms with Crippen LogP contribution < -0.4 is 5.73 Å². The third kappa shape index (κ3) is 4.22. The SMILES string of the molecule is CCOC(=O)C(F)(F)C[C@@]1(c2ccccc2)C(=O)C=C[C@@H]1c1c(N)cc(F)cc1C(=O)OC. The Morgan fingerprint density at radius 2 is 1.85 bits per heavy atom. The Balaban J connectivity index is 2.30. The third-order valence-electron chi connectivity index (χ3n) is 5.67. The van der Waals surface area contributed by atoms with Gasteiger partial charge in [-0.25, -0.2) is 14.0 Å². The van der Waals surface area contributed by atoms with Gasteiger partial charge in [-0.1, -0.05) is 36.4 Å². The standard InChI is InChI=1S/C24H22F3NO5/c1-3-33-22(31)24(26,27)13-23(14-7-5-4-6-8-14)17(9-10-19(23)29)20-16(21(30)32-2)11-15(25)12-18(20)28/h4-12,17H,3,13,28H2,1-2H3/t17-,23+/m1/s1. The number of ketones is 1. The van der Waals surface area contributed by atoms with E-state index in [4.69, 9.17) is 10.5 Å². The number of nitrogen functional groups attached to an aromatic ring is 1. The zero-order valence-electron chi connectivity index (χ0n) is 17.9. The molecule has 0 aliphatic heterocycles. The first-order valence-electron chi connectivity index (χ1n) is 10.1. The zero-order chi connectivity index (χ0) is 24.4. The van der Waals surface area contributed by atoms with E-state index in [9.17, 15) is 18.8 Å². The summed E-state index contributed by atoms with van der Waals surface area (Å²) in [6.07, 6.45) is 1.17. The molecule has 33 heavy (non-hydrogen) atoms. The predicted molar refractivity (Wildman–Crippen MR) is 113 cm³/mol. The van der Waals surface area contributed by atoms with E-state index in [1.165, 1.54) is 25.1 Å². The number of alkyl halides is 2. The van der Waals surface area contributed by atoms with Gasteiger partial charge in [0.2, 0.25) is 0 Å². The summed E-state index contributed by atoms with van der Waals surface area (Å²) in [6, 6.07) is 9.47. The van der Waals surface area contributed by atoms with Crippen LogP contribution in [0.1, 0.15) is 40.7 Å². The van der Waals surface area contributed by atoms with Crippen molar-refractivity contribution in [3.05, 3.63) is 77.1 Å². The first-order valence-corrected chi connectivity index (χ1v) is 10.1. The number of ether oxygens (including phenoxy) is 2. The molecule has 0 aromatic heterocycles. The van der Waals surface area contributed by atoms with E-state index in [2.05, 4.69) is 4.74 Å². The molecule has 0 radical (unpaired) electrons. The number of hydrogen-bond acceptors (Lipinski definition) is 6. The summed E-state index contributed by atoms with van der Waals surface area (Å²) in [7, 11) is 1.07. The Labute approximate surface area is 188 Å². The van der Waals surface area contributed by atoms with Gasteiger partial charge in [0.05, 0.1) is 24.7 Å². The highest BCUT2D eigenvalue weighted by molar-refractivity contribution is 6.05. The molecule has 174 valence electrons. The van der Waals surface area contributed by atoms with Gasteiger partial charge in [0.1, 0.15) is 5.82 Å². The molecule has 2 N–H and O–H groups in total. The molecule has 2 aromatic rings. The minimum absolute atomic E-state index is 0.0474. The van der Waals surface area contributed by atoms with Crippen molar-refractivity contribution in [3.8, 4) is 0 Å². The summed E-state index contributed by atoms with van der Waals surface area (Å²) in [6.45, 7) is 1.10. The van der Waals surface area contributed by atoms with Gasteiger partial charge in [0.25, 0.3) is 0 Å². The Hall–Kier alpha value is -3.62. The quantitative estimate of drug-likeness (QED) is 0.496. The number of methoxy groups -OCH3 is 1. The normalized spacial score (nSPS) is 20.0. The van der Waals surface area contributed by atoms with Crippen LogP contribution in [0.3, 0.4) is 0 Å². The van der Waals surface area contributed by atoms with Crippen LogP contribution in [0.4, 0.5) is 18.9 Å². The molecule has 1 aliphatic rings. The van der Waals surface area contributed by atoms with Crippen molar-refractivity contribution in [2.75, 3.05) is 19.5 Å². The number of rotatable bonds is 7. The lowest BCUT2D eigenvalue weighted by molar-refractivity contribution is -0.175. The molecule has 0 saturated carbocycles. The highest BCUT2D eigenvalue weighted by Crippen LogP contribution is 2.53. The van der Waals surface area contributed by atoms with Crippen molar-refractivity contribution in [2.45, 2.75) is 30.6 Å². The van der Waals surface area contributed by atoms with Gasteiger partial charge in [-0.05, 0) is 36.3 Å². The van der Waals surface area contributed by atoms with Crippen LogP contribution in [-0.2, 0) is 24.5 Å². The van der Waals surface area contributed by atoms with Gasteiger partial charge in [-0.3, -0.25) is 4.79 Å². The highest BCUT2D eigenvalue weighted by Gasteiger charge is 2.58. The lowest BCUT2D eigenvalue weighted by Gasteiger charge is -2.38. The lowest BCUT2D eigenvalue weighted by Crippen LogP contribution is -2.46. The van der Waals surface area contributed by atoms with E-state index in [1.807, 2.05) is 0 Å². The van der Waals surface area contributed by atoms with Crippen LogP contribution >= 0.6 is 0 Å². The van der Waals surface area contributed by atoms with Gasteiger partial charge in [0, 0.05) is 18.0 Å². The Kier molecular flexibility index (Phi) is 6.62. The Bertz CT molecular complexity index is 1120. The van der Waals surface area contributed by atoms with Crippen molar-refractivity contribution in [1.82, 2.24) is 0 Å². The molecule has 0 saturated heterocycles. The number of hydrogen-bond donors (Lipinski definition) is 1. The van der Waals surface area contributed by atoms with Crippen LogP contribution in [-0.4, -0.2) is 37.4 Å². The molecule has 1 aliphatic carbocycles. The molecule has 2 aromatic carbocycles. The van der Waals surface area contributed by atoms with E-state index in [1.54, 1.807) is 18.2 Å². The number of esters is 2. The fourth-order valence-corrected chi connectivity index (χ4v) is 4.27. The van der Waals surface area contributed by atoms with Crippen LogP contribution in [0.25, 0.3) is 0 Å². The van der Waals surface area contributed by atoms with Crippen LogP contribution in [0, 0.1) is 5.82 Å². The van der Waals surface area contributed by atoms with Crippen molar-refractivity contribution in [1.29, 1.82) is 0 Å². The maximum Gasteiger partial charge on any atom is 0.377 e. The highest BCUT2D eigenvalue weighted by atomic mass is 19.3. The molecule has 0 bridgehead atoms. The first-order chi connectivity index (χ1) is 15.6. The van der Waals surface area contributed by atoms with Gasteiger partial charge in [0.15, 0.2) is 5.78 Å². The molecule has 9 heteroatoms. The minimum atomic E-state index is -4.05. The fraction of sp³-hybridized carbons (Fsp3) is 0.292. The van der Waals surface area contributed by atoms with Gasteiger partial charge in [-0.15, -0.1) is 0 Å². The molecular formula is C24H22F3NO5. The van der Waals surface area contributed by atoms with Crippen molar-refractivity contribution in [2.24, 2.45) is 0 Å². The molecule has 0 unspecified atom stereocenters. The third-order valence-corrected chi connectivity index (χ3v) is 5.67. The number of nitrogens with two attached hydrogens (primary N) is 1. The smallest absolute Gasteiger partial charge is 0.377 e. The van der Waals surface area contributed by atoms with Crippen molar-refractivity contribution in [3.63, 3.8) is 0 Å². The summed E-state index contributed by atoms with van der Waals surface area (Å²) < 4.78 is 53.5. The van der Waals surface area contributed by atoms with E-state index >= 15 is 8.78 Å². The minimum Gasteiger partial charge on any atom is -0.465 e. The van der Waals surface area contributed by atoms with Gasteiger partial charge < -0.3 is 15.2 Å². The van der Waals surface area contributed by atoms with Crippen molar-refractivity contribution < 1.29 is 37.0 Å². The second kappa shape index (κ2) is 9.09. The second-order valence-electron chi connectivity index (χ2n) is 7.59. The number of anilines is 1. The molecule has 0 amide bonds. The topological polar surface area (TPSA) is 95.7 Å². The molecule has 3 rings (SSSR count). The van der Waals surface area contributed by atoms with E-state index in [0.29, 0.717) is 0 Å². The van der Waals surface area contributed by atoms with Crippen molar-refractivity contribution >= 4 is 23.4 Å². The van der Waals surface area contributed by atoms with E-state index < -0.39 is 47.2 Å². The number of halogens is 3. The van der Waals surface area contributed by atoms with E-state index in [0.717, 1.165) is 25.3 Å². The Morgan fingerprint density at radius 3 is 2.45 bits per heavy atom. The molecular weight excluding hydrogens is 439 g/mol. The molecule has 2 atom stereocenters. The first kappa shape index (κ1) is 24.0. The predicted octanol–water partition coefficient (Wildman–Crippen LogP) is 3.94. The maximum atomic E-state index is 15.1. The zero-order valence-corrected chi connectivity index (χ0v) is 17.9. The summed E-state index contributed by atoms with van der Waals surface area (Å²) in [5, 5.41) is 0. The molecule has 0 fully saturated rings. The number of benzene rings is 2. The monoisotopic (exact) mass is 461 g/mol. The lowest BCUT2D eigenvalue weighted by atomic mass is 9.64. The maximum absolute atomic E-state index is 15.1. The van der Waals surface area contributed by atoms with Gasteiger partial charge in [-0.2, -0.15) is 8.78 Å². The van der Waals surface area contributed by atoms with Crippen LogP contribution in [0.2, 0.25) is 0 Å². The van der Waals surface area contributed by atoms with Crippen LogP contribution in [0.5, 0.6) is 0 Å². The summed E-state index contributed by atoms with van der Waals surface area (Å²) in [5.74, 6) is -9.56. The number of carbonyl (C=O) groups excluding carboxylic acids is 3. The molecule has 6 nitrogen and oxygen atoms in total. The Morgan fingerprint density at radius 1 is 1.18 bits per heavy atom. The average molecular weight is 461 g/mol.